The van der Waals surface area contributed by atoms with Gasteiger partial charge in [0.15, 0.2) is 0 Å². The number of hydrogen-bond donors (Lipinski definition) is 0. The van der Waals surface area contributed by atoms with Crippen LogP contribution < -0.4 is 4.90 Å². The van der Waals surface area contributed by atoms with Crippen molar-refractivity contribution in [3.05, 3.63) is 96.1 Å². The van der Waals surface area contributed by atoms with Crippen LogP contribution in [-0.4, -0.2) is 36.0 Å². The van der Waals surface area contributed by atoms with Gasteiger partial charge in [-0.1, -0.05) is 48.5 Å². The molecule has 172 valence electrons. The van der Waals surface area contributed by atoms with E-state index in [9.17, 15) is 9.59 Å². The van der Waals surface area contributed by atoms with Gasteiger partial charge in [-0.2, -0.15) is 0 Å². The smallest absolute Gasteiger partial charge is 0.256 e. The maximum Gasteiger partial charge on any atom is 0.256 e. The molecule has 5 heteroatoms. The molecule has 2 saturated heterocycles. The number of hydrogen-bond acceptors (Lipinski definition) is 4. The van der Waals surface area contributed by atoms with Gasteiger partial charge in [0.1, 0.15) is 0 Å². The molecule has 34 heavy (non-hydrogen) atoms. The minimum atomic E-state index is -0.189. The third kappa shape index (κ3) is 4.80. The lowest BCUT2D eigenvalue weighted by atomic mass is 9.99. The topological polar surface area (TPSA) is 49.9 Å². The second-order valence-electron chi connectivity index (χ2n) is 8.71. The van der Waals surface area contributed by atoms with E-state index >= 15 is 0 Å². The molecule has 1 atom stereocenters. The first-order valence-electron chi connectivity index (χ1n) is 11.9. The molecule has 3 aromatic carbocycles. The van der Waals surface area contributed by atoms with Crippen LogP contribution in [0.3, 0.4) is 0 Å². The Hall–Kier alpha value is -3.70. The van der Waals surface area contributed by atoms with Gasteiger partial charge >= 0.3 is 0 Å². The van der Waals surface area contributed by atoms with Crippen LogP contribution in [0.4, 0.5) is 17.1 Å². The maximum atomic E-state index is 13.0. The SMILES string of the molecule is O=C1CC/C(=C/c2ccc(N(c3ccccc3)c3ccccc3)cc2)C(=O)N1CC1CCCO1. The fraction of sp³-hybridized carbons (Fsp3) is 0.241. The fourth-order valence-electron chi connectivity index (χ4n) is 4.60. The Labute approximate surface area is 200 Å². The maximum absolute atomic E-state index is 13.0. The molecule has 3 aromatic rings. The highest BCUT2D eigenvalue weighted by molar-refractivity contribution is 6.09. The standard InChI is InChI=1S/C29H28N2O3/c32-28-18-15-23(29(33)30(28)21-27-12-7-19-34-27)20-22-13-16-26(17-14-22)31(24-8-3-1-4-9-24)25-10-5-2-6-11-25/h1-6,8-11,13-14,16-17,20,27H,7,12,15,18-19,21H2/b23-20-. The van der Waals surface area contributed by atoms with Gasteiger partial charge < -0.3 is 9.64 Å². The number of rotatable bonds is 6. The van der Waals surface area contributed by atoms with Crippen LogP contribution in [0.2, 0.25) is 0 Å². The predicted octanol–water partition coefficient (Wildman–Crippen LogP) is 5.87. The average Bonchev–Trinajstić information content (AvgIpc) is 3.39. The number of piperidine rings is 1. The molecule has 5 nitrogen and oxygen atoms in total. The monoisotopic (exact) mass is 452 g/mol. The van der Waals surface area contributed by atoms with Crippen LogP contribution in [0.1, 0.15) is 31.2 Å². The molecule has 0 aromatic heterocycles. The van der Waals surface area contributed by atoms with Gasteiger partial charge in [-0.3, -0.25) is 14.5 Å². The minimum absolute atomic E-state index is 0.0338. The minimum Gasteiger partial charge on any atom is -0.376 e. The summed E-state index contributed by atoms with van der Waals surface area (Å²) < 4.78 is 5.64. The van der Waals surface area contributed by atoms with Gasteiger partial charge in [0.2, 0.25) is 5.91 Å². The van der Waals surface area contributed by atoms with Crippen molar-refractivity contribution in [3.8, 4) is 0 Å². The lowest BCUT2D eigenvalue weighted by Crippen LogP contribution is -2.45. The Morgan fingerprint density at radius 1 is 0.824 bits per heavy atom. The van der Waals surface area contributed by atoms with E-state index in [0.717, 1.165) is 35.5 Å². The highest BCUT2D eigenvalue weighted by Crippen LogP contribution is 2.34. The summed E-state index contributed by atoms with van der Waals surface area (Å²) in [5, 5.41) is 0. The van der Waals surface area contributed by atoms with E-state index in [0.29, 0.717) is 31.6 Å². The summed E-state index contributed by atoms with van der Waals surface area (Å²) in [4.78, 5) is 29.0. The first kappa shape index (κ1) is 22.1. The summed E-state index contributed by atoms with van der Waals surface area (Å²) in [7, 11) is 0. The van der Waals surface area contributed by atoms with E-state index in [1.165, 1.54) is 4.90 Å². The first-order valence-corrected chi connectivity index (χ1v) is 11.9. The van der Waals surface area contributed by atoms with E-state index in [1.54, 1.807) is 0 Å². The van der Waals surface area contributed by atoms with Gasteiger partial charge in [0.25, 0.3) is 5.91 Å². The molecule has 2 aliphatic rings. The third-order valence-electron chi connectivity index (χ3n) is 6.36. The number of para-hydroxylation sites is 2. The average molecular weight is 453 g/mol. The van der Waals surface area contributed by atoms with Crippen LogP contribution in [-0.2, 0) is 14.3 Å². The summed E-state index contributed by atoms with van der Waals surface area (Å²) >= 11 is 0. The molecule has 0 saturated carbocycles. The van der Waals surface area contributed by atoms with Crippen LogP contribution in [0.5, 0.6) is 0 Å². The van der Waals surface area contributed by atoms with Gasteiger partial charge in [0, 0.05) is 35.7 Å². The molecule has 1 unspecified atom stereocenters. The molecule has 2 heterocycles. The van der Waals surface area contributed by atoms with Crippen molar-refractivity contribution < 1.29 is 14.3 Å². The molecule has 5 rings (SSSR count). The predicted molar refractivity (Wildman–Crippen MR) is 134 cm³/mol. The van der Waals surface area contributed by atoms with Crippen molar-refractivity contribution in [2.24, 2.45) is 0 Å². The number of carbonyl (C=O) groups excluding carboxylic acids is 2. The van der Waals surface area contributed by atoms with Crippen molar-refractivity contribution in [2.45, 2.75) is 31.8 Å². The number of amides is 2. The quantitative estimate of drug-likeness (QED) is 0.347. The zero-order valence-corrected chi connectivity index (χ0v) is 19.1. The molecule has 0 aliphatic carbocycles. The molecule has 2 aliphatic heterocycles. The van der Waals surface area contributed by atoms with Crippen LogP contribution in [0.15, 0.2) is 90.5 Å². The third-order valence-corrected chi connectivity index (χ3v) is 6.36. The van der Waals surface area contributed by atoms with Gasteiger partial charge in [-0.15, -0.1) is 0 Å². The van der Waals surface area contributed by atoms with Crippen molar-refractivity contribution >= 4 is 35.0 Å². The van der Waals surface area contributed by atoms with Crippen molar-refractivity contribution in [1.29, 1.82) is 0 Å². The Morgan fingerprint density at radius 3 is 2.03 bits per heavy atom. The number of carbonyl (C=O) groups is 2. The molecule has 2 fully saturated rings. The first-order chi connectivity index (χ1) is 16.7. The van der Waals surface area contributed by atoms with E-state index in [1.807, 2.05) is 54.6 Å². The highest BCUT2D eigenvalue weighted by Gasteiger charge is 2.32. The lowest BCUT2D eigenvalue weighted by molar-refractivity contribution is -0.146. The Morgan fingerprint density at radius 2 is 1.44 bits per heavy atom. The van der Waals surface area contributed by atoms with Gasteiger partial charge in [-0.25, -0.2) is 0 Å². The number of benzene rings is 3. The number of ether oxygens (including phenoxy) is 1. The zero-order chi connectivity index (χ0) is 23.3. The lowest BCUT2D eigenvalue weighted by Gasteiger charge is -2.28. The second kappa shape index (κ2) is 10.1. The Kier molecular flexibility index (Phi) is 6.54. The van der Waals surface area contributed by atoms with E-state index in [4.69, 9.17) is 4.74 Å². The normalized spacial score (nSPS) is 19.6. The van der Waals surface area contributed by atoms with Gasteiger partial charge in [-0.05, 0) is 67.3 Å². The van der Waals surface area contributed by atoms with Crippen molar-refractivity contribution in [3.63, 3.8) is 0 Å². The summed E-state index contributed by atoms with van der Waals surface area (Å²) in [6.45, 7) is 1.07. The summed E-state index contributed by atoms with van der Waals surface area (Å²) in [5.41, 5.74) is 4.80. The van der Waals surface area contributed by atoms with Crippen molar-refractivity contribution in [2.75, 3.05) is 18.1 Å². The second-order valence-corrected chi connectivity index (χ2v) is 8.71. The molecular weight excluding hydrogens is 424 g/mol. The molecular formula is C29H28N2O3. The number of likely N-dealkylation sites (tertiary alicyclic amines) is 1. The number of anilines is 3. The molecule has 0 N–H and O–H groups in total. The Balaban J connectivity index is 1.38. The van der Waals surface area contributed by atoms with Gasteiger partial charge in [0.05, 0.1) is 12.6 Å². The highest BCUT2D eigenvalue weighted by atomic mass is 16.5. The van der Waals surface area contributed by atoms with E-state index in [-0.39, 0.29) is 17.9 Å². The number of nitrogens with zero attached hydrogens (tertiary/aromatic N) is 2. The Bertz CT molecular complexity index is 1130. The van der Waals surface area contributed by atoms with Crippen LogP contribution in [0, 0.1) is 0 Å². The number of imide groups is 1. The molecule has 0 bridgehead atoms. The molecule has 0 spiro atoms. The van der Waals surface area contributed by atoms with E-state index in [2.05, 4.69) is 41.3 Å². The molecule has 2 amide bonds. The van der Waals surface area contributed by atoms with Crippen LogP contribution in [0.25, 0.3) is 6.08 Å². The largest absolute Gasteiger partial charge is 0.376 e. The summed E-state index contributed by atoms with van der Waals surface area (Å²) in [6, 6.07) is 28.7. The summed E-state index contributed by atoms with van der Waals surface area (Å²) in [5.74, 6) is -0.291. The van der Waals surface area contributed by atoms with Crippen LogP contribution >= 0.6 is 0 Å². The molecule has 0 radical (unpaired) electrons. The zero-order valence-electron chi connectivity index (χ0n) is 19.1. The van der Waals surface area contributed by atoms with Crippen molar-refractivity contribution in [1.82, 2.24) is 4.90 Å². The summed E-state index contributed by atoms with van der Waals surface area (Å²) in [6.07, 6.45) is 4.60. The fourth-order valence-corrected chi connectivity index (χ4v) is 4.60. The van der Waals surface area contributed by atoms with E-state index < -0.39 is 0 Å².